The van der Waals surface area contributed by atoms with Gasteiger partial charge in [-0.3, -0.25) is 9.69 Å². The summed E-state index contributed by atoms with van der Waals surface area (Å²) in [7, 11) is 0. The molecule has 0 bridgehead atoms. The molecule has 24 heavy (non-hydrogen) atoms. The Morgan fingerprint density at radius 1 is 1.33 bits per heavy atom. The van der Waals surface area contributed by atoms with E-state index >= 15 is 0 Å². The molecule has 1 aromatic carbocycles. The van der Waals surface area contributed by atoms with E-state index < -0.39 is 0 Å². The van der Waals surface area contributed by atoms with Crippen LogP contribution in [-0.2, 0) is 11.2 Å². The van der Waals surface area contributed by atoms with Crippen LogP contribution >= 0.6 is 0 Å². The maximum absolute atomic E-state index is 12.5. The number of ether oxygens (including phenoxy) is 1. The number of hydrogen-bond acceptors (Lipinski definition) is 4. The second kappa shape index (κ2) is 6.73. The van der Waals surface area contributed by atoms with Crippen LogP contribution in [-0.4, -0.2) is 48.3 Å². The number of hydrogen-bond donors (Lipinski definition) is 2. The lowest BCUT2D eigenvalue weighted by molar-refractivity contribution is -0.124. The molecule has 0 unspecified atom stereocenters. The van der Waals surface area contributed by atoms with Gasteiger partial charge in [0.2, 0.25) is 5.91 Å². The van der Waals surface area contributed by atoms with E-state index in [1.165, 1.54) is 18.4 Å². The molecule has 0 radical (unpaired) electrons. The summed E-state index contributed by atoms with van der Waals surface area (Å²) in [5.41, 5.74) is 2.37. The molecule has 3 aliphatic rings. The maximum atomic E-state index is 12.5. The largest absolute Gasteiger partial charge is 0.493 e. The quantitative estimate of drug-likeness (QED) is 0.862. The van der Waals surface area contributed by atoms with Crippen molar-refractivity contribution in [2.45, 2.75) is 44.2 Å². The molecule has 1 aliphatic carbocycles. The second-order valence-corrected chi connectivity index (χ2v) is 7.38. The lowest BCUT2D eigenvalue weighted by Crippen LogP contribution is -2.44. The first-order valence-electron chi connectivity index (χ1n) is 9.14. The van der Waals surface area contributed by atoms with E-state index in [0.29, 0.717) is 12.5 Å². The van der Waals surface area contributed by atoms with Gasteiger partial charge in [0, 0.05) is 6.42 Å². The Hall–Kier alpha value is -1.59. The summed E-state index contributed by atoms with van der Waals surface area (Å²) in [6.07, 6.45) is 4.63. The lowest BCUT2D eigenvalue weighted by Gasteiger charge is -2.38. The second-order valence-electron chi connectivity index (χ2n) is 7.38. The van der Waals surface area contributed by atoms with E-state index in [9.17, 15) is 9.90 Å². The number of likely N-dealkylation sites (tertiary alicyclic amines) is 1. The fraction of sp³-hybridized carbons (Fsp3) is 0.632. The van der Waals surface area contributed by atoms with Gasteiger partial charge < -0.3 is 15.2 Å². The van der Waals surface area contributed by atoms with Gasteiger partial charge >= 0.3 is 0 Å². The number of benzene rings is 1. The molecule has 2 fully saturated rings. The predicted molar refractivity (Wildman–Crippen MR) is 90.9 cm³/mol. The first-order chi connectivity index (χ1) is 11.7. The van der Waals surface area contributed by atoms with Gasteiger partial charge in [0.1, 0.15) is 5.75 Å². The topological polar surface area (TPSA) is 61.8 Å². The molecule has 2 N–H and O–H groups in total. The molecule has 5 nitrogen and oxygen atoms in total. The van der Waals surface area contributed by atoms with Crippen LogP contribution in [0, 0.1) is 5.92 Å². The lowest BCUT2D eigenvalue weighted by atomic mass is 9.75. The summed E-state index contributed by atoms with van der Waals surface area (Å²) in [5, 5.41) is 12.9. The zero-order valence-corrected chi connectivity index (χ0v) is 14.0. The fourth-order valence-electron chi connectivity index (χ4n) is 4.14. The van der Waals surface area contributed by atoms with Crippen molar-refractivity contribution in [2.75, 3.05) is 26.2 Å². The number of fused-ring (bicyclic) bond motifs is 1. The molecular weight excluding hydrogens is 304 g/mol. The summed E-state index contributed by atoms with van der Waals surface area (Å²) < 4.78 is 5.59. The molecule has 2 aliphatic heterocycles. The number of aliphatic hydroxyl groups is 1. The predicted octanol–water partition coefficient (Wildman–Crippen LogP) is 1.65. The molecule has 5 heteroatoms. The summed E-state index contributed by atoms with van der Waals surface area (Å²) in [4.78, 5) is 14.7. The van der Waals surface area contributed by atoms with Crippen molar-refractivity contribution in [3.8, 4) is 5.75 Å². The number of amides is 1. The van der Waals surface area contributed by atoms with Crippen LogP contribution in [0.25, 0.3) is 0 Å². The number of aliphatic hydroxyl groups excluding tert-OH is 1. The molecule has 1 aromatic rings. The molecule has 0 spiro atoms. The van der Waals surface area contributed by atoms with Gasteiger partial charge in [-0.2, -0.15) is 0 Å². The van der Waals surface area contributed by atoms with Crippen LogP contribution in [0.4, 0.5) is 0 Å². The van der Waals surface area contributed by atoms with E-state index in [-0.39, 0.29) is 18.1 Å². The third-order valence-electron chi connectivity index (χ3n) is 5.58. The van der Waals surface area contributed by atoms with Crippen molar-refractivity contribution in [3.05, 3.63) is 29.3 Å². The minimum absolute atomic E-state index is 0.00518. The highest BCUT2D eigenvalue weighted by atomic mass is 16.5. The number of nitrogens with one attached hydrogen (secondary N) is 1. The van der Waals surface area contributed by atoms with Gasteiger partial charge in [-0.1, -0.05) is 6.07 Å². The van der Waals surface area contributed by atoms with E-state index in [4.69, 9.17) is 4.74 Å². The van der Waals surface area contributed by atoms with E-state index in [0.717, 1.165) is 50.3 Å². The van der Waals surface area contributed by atoms with Gasteiger partial charge in [0.05, 0.1) is 25.3 Å². The Kier molecular flexibility index (Phi) is 4.46. The normalized spacial score (nSPS) is 27.2. The van der Waals surface area contributed by atoms with Crippen molar-refractivity contribution in [2.24, 2.45) is 5.92 Å². The smallest absolute Gasteiger partial charge is 0.234 e. The maximum Gasteiger partial charge on any atom is 0.234 e. The van der Waals surface area contributed by atoms with Crippen LogP contribution in [0.1, 0.15) is 42.9 Å². The standard InChI is InChI=1S/C19H26N2O3/c22-16-10-15(11-16)19(20-18(23)12-21-6-1-2-7-21)14-3-4-17-13(9-14)5-8-24-17/h3-4,9,15-16,19,22H,1-2,5-8,10-12H2,(H,20,23)/t15?,16?,19-/m0/s1. The van der Waals surface area contributed by atoms with Crippen LogP contribution < -0.4 is 10.1 Å². The van der Waals surface area contributed by atoms with E-state index in [1.807, 2.05) is 6.07 Å². The van der Waals surface area contributed by atoms with Crippen molar-refractivity contribution < 1.29 is 14.6 Å². The van der Waals surface area contributed by atoms with Gasteiger partial charge in [-0.25, -0.2) is 0 Å². The number of rotatable bonds is 5. The number of carbonyl (C=O) groups is 1. The zero-order chi connectivity index (χ0) is 16.5. The summed E-state index contributed by atoms with van der Waals surface area (Å²) in [6.45, 7) is 3.28. The van der Waals surface area contributed by atoms with Crippen LogP contribution in [0.15, 0.2) is 18.2 Å². The van der Waals surface area contributed by atoms with Crippen molar-refractivity contribution in [1.29, 1.82) is 0 Å². The Morgan fingerprint density at radius 2 is 2.12 bits per heavy atom. The third-order valence-corrected chi connectivity index (χ3v) is 5.58. The number of carbonyl (C=O) groups excluding carboxylic acids is 1. The fourth-order valence-corrected chi connectivity index (χ4v) is 4.14. The zero-order valence-electron chi connectivity index (χ0n) is 14.0. The van der Waals surface area contributed by atoms with Gasteiger partial charge in [-0.05, 0) is 68.0 Å². The average Bonchev–Trinajstić information content (AvgIpc) is 3.20. The molecular formula is C19H26N2O3. The van der Waals surface area contributed by atoms with Crippen LogP contribution in [0.5, 0.6) is 5.75 Å². The van der Waals surface area contributed by atoms with Crippen molar-refractivity contribution in [3.63, 3.8) is 0 Å². The first-order valence-corrected chi connectivity index (χ1v) is 9.14. The highest BCUT2D eigenvalue weighted by Gasteiger charge is 2.36. The minimum Gasteiger partial charge on any atom is -0.493 e. The Morgan fingerprint density at radius 3 is 2.88 bits per heavy atom. The average molecular weight is 330 g/mol. The SMILES string of the molecule is O=C(CN1CCCC1)N[C@@H](c1ccc2c(c1)CCO2)C1CC(O)C1. The Balaban J connectivity index is 1.47. The Bertz CT molecular complexity index is 607. The molecule has 0 aromatic heterocycles. The highest BCUT2D eigenvalue weighted by Crippen LogP contribution is 2.39. The first kappa shape index (κ1) is 15.9. The number of nitrogens with zero attached hydrogens (tertiary/aromatic N) is 1. The van der Waals surface area contributed by atoms with Gasteiger partial charge in [0.15, 0.2) is 0 Å². The third kappa shape index (κ3) is 3.28. The Labute approximate surface area is 143 Å². The summed E-state index contributed by atoms with van der Waals surface area (Å²) in [5.74, 6) is 1.39. The molecule has 1 saturated carbocycles. The van der Waals surface area contributed by atoms with Crippen molar-refractivity contribution >= 4 is 5.91 Å². The molecule has 130 valence electrons. The van der Waals surface area contributed by atoms with Crippen LogP contribution in [0.2, 0.25) is 0 Å². The highest BCUT2D eigenvalue weighted by molar-refractivity contribution is 5.78. The molecule has 1 amide bonds. The van der Waals surface area contributed by atoms with Crippen LogP contribution in [0.3, 0.4) is 0 Å². The van der Waals surface area contributed by atoms with Crippen molar-refractivity contribution in [1.82, 2.24) is 10.2 Å². The summed E-state index contributed by atoms with van der Waals surface area (Å²) >= 11 is 0. The minimum atomic E-state index is -0.217. The van der Waals surface area contributed by atoms with E-state index in [2.05, 4.69) is 22.3 Å². The molecule has 1 atom stereocenters. The molecule has 2 heterocycles. The van der Waals surface area contributed by atoms with E-state index in [1.54, 1.807) is 0 Å². The molecule has 4 rings (SSSR count). The van der Waals surface area contributed by atoms with Gasteiger partial charge in [-0.15, -0.1) is 0 Å². The summed E-state index contributed by atoms with van der Waals surface area (Å²) in [6, 6.07) is 6.25. The molecule has 1 saturated heterocycles. The monoisotopic (exact) mass is 330 g/mol. The van der Waals surface area contributed by atoms with Gasteiger partial charge in [0.25, 0.3) is 0 Å².